The Kier molecular flexibility index (Phi) is 4.09. The Hall–Kier alpha value is -1.56. The number of piperidine rings is 1. The van der Waals surface area contributed by atoms with Gasteiger partial charge < -0.3 is 16.4 Å². The highest BCUT2D eigenvalue weighted by molar-refractivity contribution is 7.19. The van der Waals surface area contributed by atoms with Gasteiger partial charge in [-0.15, -0.1) is 11.3 Å². The molecule has 0 radical (unpaired) electrons. The molecule has 1 aliphatic heterocycles. The predicted molar refractivity (Wildman–Crippen MR) is 77.9 cm³/mol. The summed E-state index contributed by atoms with van der Waals surface area (Å²) in [6, 6.07) is 0. The van der Waals surface area contributed by atoms with Gasteiger partial charge in [0.05, 0.1) is 16.1 Å². The second kappa shape index (κ2) is 5.61. The molecule has 1 amide bonds. The minimum absolute atomic E-state index is 0.0340. The molecule has 1 aromatic rings. The molecule has 6 heteroatoms. The van der Waals surface area contributed by atoms with Crippen LogP contribution < -0.4 is 16.4 Å². The second-order valence-electron chi connectivity index (χ2n) is 4.71. The number of carbonyl (C=O) groups is 2. The zero-order valence-corrected chi connectivity index (χ0v) is 11.9. The van der Waals surface area contributed by atoms with Crippen LogP contribution in [0.3, 0.4) is 0 Å². The van der Waals surface area contributed by atoms with Crippen LogP contribution in [0.25, 0.3) is 0 Å². The van der Waals surface area contributed by atoms with Crippen molar-refractivity contribution in [3.05, 3.63) is 10.4 Å². The van der Waals surface area contributed by atoms with Crippen LogP contribution in [0.4, 0.5) is 10.7 Å². The van der Waals surface area contributed by atoms with Gasteiger partial charge in [0.15, 0.2) is 5.78 Å². The number of nitrogens with two attached hydrogens (primary N) is 2. The van der Waals surface area contributed by atoms with Gasteiger partial charge in [-0.25, -0.2) is 0 Å². The van der Waals surface area contributed by atoms with Crippen LogP contribution in [0.5, 0.6) is 0 Å². The molecular formula is C13H19N3O2S. The molecule has 2 heterocycles. The minimum Gasteiger partial charge on any atom is -0.397 e. The first-order chi connectivity index (χ1) is 9.06. The monoisotopic (exact) mass is 281 g/mol. The van der Waals surface area contributed by atoms with Gasteiger partial charge in [0.25, 0.3) is 5.91 Å². The Labute approximate surface area is 116 Å². The Morgan fingerprint density at radius 1 is 1.26 bits per heavy atom. The zero-order chi connectivity index (χ0) is 14.0. The smallest absolute Gasteiger partial charge is 0.253 e. The lowest BCUT2D eigenvalue weighted by Gasteiger charge is -2.28. The van der Waals surface area contributed by atoms with Crippen LogP contribution in [-0.2, 0) is 0 Å². The van der Waals surface area contributed by atoms with Gasteiger partial charge >= 0.3 is 0 Å². The molecule has 0 aromatic carbocycles. The molecule has 0 aliphatic carbocycles. The van der Waals surface area contributed by atoms with E-state index in [-0.39, 0.29) is 11.5 Å². The van der Waals surface area contributed by atoms with Crippen LogP contribution in [-0.4, -0.2) is 24.8 Å². The van der Waals surface area contributed by atoms with E-state index in [1.807, 2.05) is 0 Å². The third-order valence-corrected chi connectivity index (χ3v) is 4.70. The summed E-state index contributed by atoms with van der Waals surface area (Å²) in [6.07, 6.45) is 3.76. The molecule has 0 spiro atoms. The number of thiophene rings is 1. The normalized spacial score (nSPS) is 15.5. The third kappa shape index (κ3) is 2.58. The van der Waals surface area contributed by atoms with E-state index in [4.69, 9.17) is 11.5 Å². The molecule has 1 aliphatic rings. The minimum atomic E-state index is -0.551. The highest BCUT2D eigenvalue weighted by atomic mass is 32.1. The van der Waals surface area contributed by atoms with Crippen LogP contribution in [0.15, 0.2) is 0 Å². The molecular weight excluding hydrogens is 262 g/mol. The van der Waals surface area contributed by atoms with Crippen molar-refractivity contribution in [2.45, 2.75) is 32.6 Å². The van der Waals surface area contributed by atoms with E-state index < -0.39 is 5.91 Å². The van der Waals surface area contributed by atoms with Crippen molar-refractivity contribution in [3.63, 3.8) is 0 Å². The first-order valence-corrected chi connectivity index (χ1v) is 7.38. The predicted octanol–water partition coefficient (Wildman–Crippen LogP) is 2.01. The highest BCUT2D eigenvalue weighted by Gasteiger charge is 2.27. The van der Waals surface area contributed by atoms with Crippen molar-refractivity contribution >= 4 is 33.7 Å². The summed E-state index contributed by atoms with van der Waals surface area (Å²) in [4.78, 5) is 26.1. The molecule has 19 heavy (non-hydrogen) atoms. The molecule has 2 rings (SSSR count). The molecule has 1 aromatic heterocycles. The van der Waals surface area contributed by atoms with Crippen LogP contribution in [0.1, 0.15) is 52.6 Å². The lowest BCUT2D eigenvalue weighted by Crippen LogP contribution is -2.30. The second-order valence-corrected chi connectivity index (χ2v) is 5.71. The molecule has 0 saturated carbocycles. The van der Waals surface area contributed by atoms with Gasteiger partial charge in [-0.05, 0) is 19.3 Å². The fraction of sp³-hybridized carbons (Fsp3) is 0.538. The Morgan fingerprint density at radius 2 is 1.89 bits per heavy atom. The molecule has 104 valence electrons. The maximum absolute atomic E-state index is 11.9. The lowest BCUT2D eigenvalue weighted by atomic mass is 10.1. The summed E-state index contributed by atoms with van der Waals surface area (Å²) in [5.41, 5.74) is 12.0. The molecule has 5 nitrogen and oxygen atoms in total. The standard InChI is InChI=1S/C13H19N3O2S/c1-2-8(17)11-10(14)9(12(15)18)13(19-11)16-6-4-3-5-7-16/h2-7,14H2,1H3,(H2,15,18). The number of hydrogen-bond acceptors (Lipinski definition) is 5. The number of primary amides is 1. The maximum Gasteiger partial charge on any atom is 0.253 e. The van der Waals surface area contributed by atoms with Crippen molar-refractivity contribution in [3.8, 4) is 0 Å². The van der Waals surface area contributed by atoms with Gasteiger partial charge in [-0.2, -0.15) is 0 Å². The lowest BCUT2D eigenvalue weighted by molar-refractivity contribution is 0.0991. The molecule has 0 bridgehead atoms. The number of rotatable bonds is 4. The fourth-order valence-electron chi connectivity index (χ4n) is 2.36. The average molecular weight is 281 g/mol. The third-order valence-electron chi connectivity index (χ3n) is 3.39. The average Bonchev–Trinajstić information content (AvgIpc) is 2.76. The molecule has 1 fully saturated rings. The topological polar surface area (TPSA) is 89.4 Å². The van der Waals surface area contributed by atoms with E-state index in [1.54, 1.807) is 6.92 Å². The maximum atomic E-state index is 11.9. The van der Waals surface area contributed by atoms with E-state index in [0.717, 1.165) is 30.9 Å². The van der Waals surface area contributed by atoms with Crippen molar-refractivity contribution in [1.29, 1.82) is 0 Å². The van der Waals surface area contributed by atoms with E-state index in [0.29, 0.717) is 16.9 Å². The zero-order valence-electron chi connectivity index (χ0n) is 11.1. The number of hydrogen-bond donors (Lipinski definition) is 2. The van der Waals surface area contributed by atoms with E-state index in [2.05, 4.69) is 4.90 Å². The molecule has 0 atom stereocenters. The van der Waals surface area contributed by atoms with Gasteiger partial charge in [0, 0.05) is 19.5 Å². The van der Waals surface area contributed by atoms with E-state index >= 15 is 0 Å². The number of amides is 1. The van der Waals surface area contributed by atoms with Crippen molar-refractivity contribution in [1.82, 2.24) is 0 Å². The quantitative estimate of drug-likeness (QED) is 0.826. The fourth-order valence-corrected chi connectivity index (χ4v) is 3.64. The summed E-state index contributed by atoms with van der Waals surface area (Å²) >= 11 is 1.30. The summed E-state index contributed by atoms with van der Waals surface area (Å²) in [6.45, 7) is 3.56. The number of anilines is 2. The Bertz CT molecular complexity index is 504. The Morgan fingerprint density at radius 3 is 2.42 bits per heavy atom. The van der Waals surface area contributed by atoms with Gasteiger partial charge in [0.1, 0.15) is 5.00 Å². The largest absolute Gasteiger partial charge is 0.397 e. The Balaban J connectivity index is 2.46. The molecule has 4 N–H and O–H groups in total. The van der Waals surface area contributed by atoms with Gasteiger partial charge in [-0.1, -0.05) is 6.92 Å². The van der Waals surface area contributed by atoms with Crippen LogP contribution in [0.2, 0.25) is 0 Å². The van der Waals surface area contributed by atoms with Crippen molar-refractivity contribution < 1.29 is 9.59 Å². The van der Waals surface area contributed by atoms with Crippen molar-refractivity contribution in [2.24, 2.45) is 5.73 Å². The first-order valence-electron chi connectivity index (χ1n) is 6.56. The van der Waals surface area contributed by atoms with E-state index in [1.165, 1.54) is 17.8 Å². The number of Topliss-reactive ketones (excluding diaryl/α,β-unsaturated/α-hetero) is 1. The summed E-state index contributed by atoms with van der Waals surface area (Å²) in [7, 11) is 0. The number of carbonyl (C=O) groups excluding carboxylic acids is 2. The number of ketones is 1. The van der Waals surface area contributed by atoms with Crippen molar-refractivity contribution in [2.75, 3.05) is 23.7 Å². The molecule has 0 unspecified atom stereocenters. The van der Waals surface area contributed by atoms with Gasteiger partial charge in [0.2, 0.25) is 0 Å². The summed E-state index contributed by atoms with van der Waals surface area (Å²) < 4.78 is 0. The number of nitrogens with zero attached hydrogens (tertiary/aromatic N) is 1. The summed E-state index contributed by atoms with van der Waals surface area (Å²) in [5, 5.41) is 0.765. The SMILES string of the molecule is CCC(=O)c1sc(N2CCCCC2)c(C(N)=O)c1N. The number of nitrogen functional groups attached to an aromatic ring is 1. The van der Waals surface area contributed by atoms with Gasteiger partial charge in [-0.3, -0.25) is 9.59 Å². The van der Waals surface area contributed by atoms with Crippen LogP contribution >= 0.6 is 11.3 Å². The highest BCUT2D eigenvalue weighted by Crippen LogP contribution is 2.39. The summed E-state index contributed by atoms with van der Waals surface area (Å²) in [5.74, 6) is -0.585. The molecule has 1 saturated heterocycles. The van der Waals surface area contributed by atoms with E-state index in [9.17, 15) is 9.59 Å². The van der Waals surface area contributed by atoms with Crippen LogP contribution in [0, 0.1) is 0 Å². The first kappa shape index (κ1) is 13.9.